The van der Waals surface area contributed by atoms with E-state index in [1.807, 2.05) is 0 Å². The second kappa shape index (κ2) is 6.36. The first-order valence-electron chi connectivity index (χ1n) is 4.66. The van der Waals surface area contributed by atoms with Crippen molar-refractivity contribution in [1.29, 1.82) is 0 Å². The molecule has 0 radical (unpaired) electrons. The first-order chi connectivity index (χ1) is 7.00. The van der Waals surface area contributed by atoms with Crippen molar-refractivity contribution in [3.8, 4) is 0 Å². The van der Waals surface area contributed by atoms with Crippen molar-refractivity contribution < 1.29 is 19.4 Å². The minimum Gasteiger partial charge on any atom is -0.469 e. The van der Waals surface area contributed by atoms with Gasteiger partial charge in [0.1, 0.15) is 0 Å². The summed E-state index contributed by atoms with van der Waals surface area (Å²) in [4.78, 5) is 22.7. The molecule has 0 spiro atoms. The van der Waals surface area contributed by atoms with Crippen molar-refractivity contribution in [2.75, 3.05) is 26.8 Å². The van der Waals surface area contributed by atoms with Gasteiger partial charge in [0.25, 0.3) is 0 Å². The van der Waals surface area contributed by atoms with E-state index in [0.29, 0.717) is 0 Å². The zero-order chi connectivity index (χ0) is 11.9. The van der Waals surface area contributed by atoms with Gasteiger partial charge in [-0.25, -0.2) is 0 Å². The van der Waals surface area contributed by atoms with Crippen molar-refractivity contribution in [2.24, 2.45) is 11.1 Å². The lowest BCUT2D eigenvalue weighted by Gasteiger charge is -2.23. The number of rotatable bonds is 6. The second-order valence-corrected chi connectivity index (χ2v) is 3.51. The normalized spacial score (nSPS) is 14.1. The highest BCUT2D eigenvalue weighted by atomic mass is 16.5. The third-order valence-corrected chi connectivity index (χ3v) is 2.11. The summed E-state index contributed by atoms with van der Waals surface area (Å²) in [5.41, 5.74) is 4.42. The molecule has 0 fully saturated rings. The minimum absolute atomic E-state index is 0.0339. The summed E-state index contributed by atoms with van der Waals surface area (Å²) in [5.74, 6) is -0.841. The molecule has 0 aliphatic carbocycles. The Morgan fingerprint density at radius 1 is 1.53 bits per heavy atom. The molecule has 1 amide bonds. The highest BCUT2D eigenvalue weighted by molar-refractivity contribution is 5.85. The number of hydrogen-bond acceptors (Lipinski definition) is 5. The topological polar surface area (TPSA) is 102 Å². The van der Waals surface area contributed by atoms with E-state index in [-0.39, 0.29) is 32.0 Å². The van der Waals surface area contributed by atoms with Crippen LogP contribution in [0.25, 0.3) is 0 Å². The van der Waals surface area contributed by atoms with Gasteiger partial charge in [-0.1, -0.05) is 0 Å². The number of ether oxygens (including phenoxy) is 1. The van der Waals surface area contributed by atoms with E-state index in [1.54, 1.807) is 6.92 Å². The Balaban J connectivity index is 4.30. The van der Waals surface area contributed by atoms with E-state index in [2.05, 4.69) is 10.1 Å². The number of carbonyl (C=O) groups is 2. The maximum absolute atomic E-state index is 11.3. The van der Waals surface area contributed by atoms with E-state index in [4.69, 9.17) is 10.8 Å². The lowest BCUT2D eigenvalue weighted by Crippen LogP contribution is -2.42. The molecule has 0 saturated carbocycles. The van der Waals surface area contributed by atoms with Gasteiger partial charge in [-0.15, -0.1) is 0 Å². The van der Waals surface area contributed by atoms with E-state index < -0.39 is 11.4 Å². The molecule has 0 aromatic carbocycles. The van der Waals surface area contributed by atoms with Gasteiger partial charge in [-0.3, -0.25) is 9.59 Å². The number of aliphatic hydroxyl groups excluding tert-OH is 1. The average molecular weight is 218 g/mol. The van der Waals surface area contributed by atoms with E-state index in [1.165, 1.54) is 7.11 Å². The largest absolute Gasteiger partial charge is 0.469 e. The van der Waals surface area contributed by atoms with Gasteiger partial charge in [0, 0.05) is 19.5 Å². The van der Waals surface area contributed by atoms with Gasteiger partial charge < -0.3 is 20.9 Å². The van der Waals surface area contributed by atoms with Gasteiger partial charge >= 0.3 is 5.97 Å². The predicted octanol–water partition coefficient (Wildman–Crippen LogP) is -1.38. The van der Waals surface area contributed by atoms with Crippen LogP contribution in [0.1, 0.15) is 13.3 Å². The Morgan fingerprint density at radius 2 is 2.13 bits per heavy atom. The molecular formula is C9H18N2O4. The fourth-order valence-corrected chi connectivity index (χ4v) is 1.09. The molecule has 1 unspecified atom stereocenters. The number of amides is 1. The molecule has 0 aromatic rings. The number of hydrogen-bond donors (Lipinski definition) is 3. The average Bonchev–Trinajstić information content (AvgIpc) is 2.24. The van der Waals surface area contributed by atoms with Crippen LogP contribution in [0, 0.1) is 5.41 Å². The van der Waals surface area contributed by atoms with Crippen LogP contribution in [0.5, 0.6) is 0 Å². The highest BCUT2D eigenvalue weighted by Gasteiger charge is 2.35. The molecule has 0 rings (SSSR count). The summed E-state index contributed by atoms with van der Waals surface area (Å²) >= 11 is 0. The van der Waals surface area contributed by atoms with E-state index in [0.717, 1.165) is 0 Å². The number of nitrogens with one attached hydrogen (secondary N) is 1. The minimum atomic E-state index is -1.01. The molecule has 0 aliphatic heterocycles. The molecule has 1 atom stereocenters. The van der Waals surface area contributed by atoms with Crippen molar-refractivity contribution in [3.05, 3.63) is 0 Å². The lowest BCUT2D eigenvalue weighted by atomic mass is 9.86. The van der Waals surface area contributed by atoms with Crippen LogP contribution in [0.3, 0.4) is 0 Å². The molecule has 15 heavy (non-hydrogen) atoms. The third-order valence-electron chi connectivity index (χ3n) is 2.11. The molecule has 6 nitrogen and oxygen atoms in total. The van der Waals surface area contributed by atoms with Gasteiger partial charge in [0.2, 0.25) is 5.91 Å². The summed E-state index contributed by atoms with van der Waals surface area (Å²) in [6, 6.07) is 0. The monoisotopic (exact) mass is 218 g/mol. The van der Waals surface area contributed by atoms with Crippen molar-refractivity contribution in [2.45, 2.75) is 13.3 Å². The molecule has 0 aromatic heterocycles. The standard InChI is InChI=1S/C9H18N2O4/c1-9(6-10,8(14)15-2)5-7(13)11-3-4-12/h12H,3-6,10H2,1-2H3,(H,11,13). The quantitative estimate of drug-likeness (QED) is 0.477. The Kier molecular flexibility index (Phi) is 5.88. The van der Waals surface area contributed by atoms with Crippen LogP contribution >= 0.6 is 0 Å². The second-order valence-electron chi connectivity index (χ2n) is 3.51. The number of nitrogens with two attached hydrogens (primary N) is 1. The predicted molar refractivity (Wildman–Crippen MR) is 53.9 cm³/mol. The molecule has 6 heteroatoms. The lowest BCUT2D eigenvalue weighted by molar-refractivity contribution is -0.153. The van der Waals surface area contributed by atoms with E-state index in [9.17, 15) is 9.59 Å². The first-order valence-corrected chi connectivity index (χ1v) is 4.66. The van der Waals surface area contributed by atoms with E-state index >= 15 is 0 Å². The number of esters is 1. The molecular weight excluding hydrogens is 200 g/mol. The van der Waals surface area contributed by atoms with Gasteiger partial charge in [0.15, 0.2) is 0 Å². The summed E-state index contributed by atoms with van der Waals surface area (Å²) in [7, 11) is 1.25. The molecule has 0 saturated heterocycles. The number of carbonyl (C=O) groups excluding carboxylic acids is 2. The molecule has 0 heterocycles. The smallest absolute Gasteiger partial charge is 0.313 e. The van der Waals surface area contributed by atoms with Crippen molar-refractivity contribution >= 4 is 11.9 Å². The molecule has 4 N–H and O–H groups in total. The van der Waals surface area contributed by atoms with Crippen LogP contribution in [0.15, 0.2) is 0 Å². The highest BCUT2D eigenvalue weighted by Crippen LogP contribution is 2.21. The molecule has 0 aliphatic rings. The van der Waals surface area contributed by atoms with Crippen LogP contribution in [-0.2, 0) is 14.3 Å². The first kappa shape index (κ1) is 13.9. The third kappa shape index (κ3) is 4.26. The SMILES string of the molecule is COC(=O)C(C)(CN)CC(=O)NCCO. The maximum Gasteiger partial charge on any atom is 0.313 e. The Morgan fingerprint density at radius 3 is 2.53 bits per heavy atom. The van der Waals surface area contributed by atoms with Crippen LogP contribution in [-0.4, -0.2) is 43.8 Å². The Bertz CT molecular complexity index is 232. The Labute approximate surface area is 88.8 Å². The van der Waals surface area contributed by atoms with Gasteiger partial charge in [-0.05, 0) is 6.92 Å². The van der Waals surface area contributed by atoms with Crippen LogP contribution in [0.2, 0.25) is 0 Å². The number of methoxy groups -OCH3 is 1. The summed E-state index contributed by atoms with van der Waals surface area (Å²) in [6.07, 6.45) is -0.0455. The fraction of sp³-hybridized carbons (Fsp3) is 0.778. The zero-order valence-electron chi connectivity index (χ0n) is 9.08. The maximum atomic E-state index is 11.3. The zero-order valence-corrected chi connectivity index (χ0v) is 9.08. The molecule has 88 valence electrons. The Hall–Kier alpha value is -1.14. The van der Waals surface area contributed by atoms with Gasteiger partial charge in [-0.2, -0.15) is 0 Å². The van der Waals surface area contributed by atoms with Crippen molar-refractivity contribution in [1.82, 2.24) is 5.32 Å². The van der Waals surface area contributed by atoms with Crippen LogP contribution in [0.4, 0.5) is 0 Å². The van der Waals surface area contributed by atoms with Crippen molar-refractivity contribution in [3.63, 3.8) is 0 Å². The number of aliphatic hydroxyl groups is 1. The summed E-state index contributed by atoms with van der Waals surface area (Å²) in [5, 5.41) is 10.9. The van der Waals surface area contributed by atoms with Crippen LogP contribution < -0.4 is 11.1 Å². The van der Waals surface area contributed by atoms with Gasteiger partial charge in [0.05, 0.1) is 19.1 Å². The summed E-state index contributed by atoms with van der Waals surface area (Å²) in [6.45, 7) is 1.63. The fourth-order valence-electron chi connectivity index (χ4n) is 1.09. The summed E-state index contributed by atoms with van der Waals surface area (Å²) < 4.78 is 4.56. The molecule has 0 bridgehead atoms.